The van der Waals surface area contributed by atoms with E-state index in [1.165, 1.54) is 0 Å². The predicted octanol–water partition coefficient (Wildman–Crippen LogP) is 1.34. The van der Waals surface area contributed by atoms with E-state index in [0.29, 0.717) is 19.6 Å². The Bertz CT molecular complexity index is 378. The van der Waals surface area contributed by atoms with Gasteiger partial charge in [0.05, 0.1) is 19.7 Å². The van der Waals surface area contributed by atoms with Crippen LogP contribution in [0.2, 0.25) is 0 Å². The molecule has 0 spiro atoms. The van der Waals surface area contributed by atoms with Gasteiger partial charge in [-0.2, -0.15) is 11.8 Å². The molecule has 0 aliphatic carbocycles. The molecule has 1 heterocycles. The molecule has 0 bridgehead atoms. The molecule has 7 heteroatoms. The molecular weight excluding hydrogens is 290 g/mol. The minimum absolute atomic E-state index is 0.0855. The molecule has 2 unspecified atom stereocenters. The number of nitrogens with zero attached hydrogens (tertiary/aromatic N) is 2. The molecule has 0 saturated heterocycles. The van der Waals surface area contributed by atoms with Crippen LogP contribution in [0.25, 0.3) is 0 Å². The van der Waals surface area contributed by atoms with Crippen LogP contribution in [0.1, 0.15) is 27.7 Å². The fraction of sp³-hybridized carbons (Fsp3) is 0.857. The minimum atomic E-state index is -0.493. The topological polar surface area (TPSA) is 74.2 Å². The van der Waals surface area contributed by atoms with E-state index in [4.69, 9.17) is 4.74 Å². The van der Waals surface area contributed by atoms with Crippen LogP contribution in [0.3, 0.4) is 0 Å². The Labute approximate surface area is 131 Å². The van der Waals surface area contributed by atoms with E-state index >= 15 is 0 Å². The maximum atomic E-state index is 12.1. The molecular formula is C14H27N3O3S. The Balaban J connectivity index is 2.56. The van der Waals surface area contributed by atoms with Crippen molar-refractivity contribution in [1.82, 2.24) is 10.2 Å². The number of aliphatic imine (C=N–C) groups is 1. The SMILES string of the molecule is CSC(CO)C(C)NC1=NCCN(C(=O)OC(C)(C)C)C1. The number of hydrogen-bond acceptors (Lipinski definition) is 6. The van der Waals surface area contributed by atoms with Gasteiger partial charge in [-0.3, -0.25) is 9.89 Å². The zero-order valence-electron chi connectivity index (χ0n) is 13.5. The summed E-state index contributed by atoms with van der Waals surface area (Å²) < 4.78 is 5.38. The van der Waals surface area contributed by atoms with Crippen LogP contribution in [0.4, 0.5) is 4.79 Å². The largest absolute Gasteiger partial charge is 0.444 e. The maximum absolute atomic E-state index is 12.1. The van der Waals surface area contributed by atoms with E-state index in [9.17, 15) is 9.90 Å². The monoisotopic (exact) mass is 317 g/mol. The van der Waals surface area contributed by atoms with Gasteiger partial charge in [0.15, 0.2) is 0 Å². The van der Waals surface area contributed by atoms with Crippen molar-refractivity contribution in [3.8, 4) is 0 Å². The summed E-state index contributed by atoms with van der Waals surface area (Å²) in [6.07, 6.45) is 1.65. The summed E-state index contributed by atoms with van der Waals surface area (Å²) in [6.45, 7) is 9.24. The number of nitrogens with one attached hydrogen (secondary N) is 1. The lowest BCUT2D eigenvalue weighted by Crippen LogP contribution is -2.51. The number of carbonyl (C=O) groups excluding carboxylic acids is 1. The quantitative estimate of drug-likeness (QED) is 0.818. The highest BCUT2D eigenvalue weighted by Gasteiger charge is 2.26. The fourth-order valence-corrected chi connectivity index (χ4v) is 2.61. The van der Waals surface area contributed by atoms with Gasteiger partial charge in [0.2, 0.25) is 0 Å². The molecule has 2 N–H and O–H groups in total. The fourth-order valence-electron chi connectivity index (χ4n) is 1.98. The molecule has 21 heavy (non-hydrogen) atoms. The summed E-state index contributed by atoms with van der Waals surface area (Å²) in [6, 6.07) is 0.0855. The van der Waals surface area contributed by atoms with Crippen LogP contribution in [0.15, 0.2) is 4.99 Å². The van der Waals surface area contributed by atoms with Crippen molar-refractivity contribution in [2.45, 2.75) is 44.6 Å². The lowest BCUT2D eigenvalue weighted by molar-refractivity contribution is 0.0276. The van der Waals surface area contributed by atoms with Crippen molar-refractivity contribution in [2.24, 2.45) is 4.99 Å². The number of amidine groups is 1. The molecule has 1 amide bonds. The summed E-state index contributed by atoms with van der Waals surface area (Å²) in [5, 5.41) is 12.7. The summed E-state index contributed by atoms with van der Waals surface area (Å²) in [7, 11) is 0. The third-order valence-electron chi connectivity index (χ3n) is 3.10. The number of amides is 1. The van der Waals surface area contributed by atoms with E-state index in [-0.39, 0.29) is 24.0 Å². The van der Waals surface area contributed by atoms with Crippen molar-refractivity contribution in [3.05, 3.63) is 0 Å². The van der Waals surface area contributed by atoms with Gasteiger partial charge >= 0.3 is 6.09 Å². The van der Waals surface area contributed by atoms with Crippen molar-refractivity contribution in [2.75, 3.05) is 32.5 Å². The van der Waals surface area contributed by atoms with Crippen molar-refractivity contribution < 1.29 is 14.6 Å². The van der Waals surface area contributed by atoms with Gasteiger partial charge in [-0.1, -0.05) is 0 Å². The molecule has 1 aliphatic heterocycles. The number of aliphatic hydroxyl groups excluding tert-OH is 1. The summed E-state index contributed by atoms with van der Waals surface area (Å²) in [5.74, 6) is 0.770. The van der Waals surface area contributed by atoms with Crippen molar-refractivity contribution in [1.29, 1.82) is 0 Å². The number of thioether (sulfide) groups is 1. The van der Waals surface area contributed by atoms with Gasteiger partial charge < -0.3 is 15.2 Å². The average molecular weight is 317 g/mol. The molecule has 6 nitrogen and oxygen atoms in total. The van der Waals surface area contributed by atoms with Crippen LogP contribution in [0.5, 0.6) is 0 Å². The molecule has 1 aliphatic rings. The minimum Gasteiger partial charge on any atom is -0.444 e. The third kappa shape index (κ3) is 6.13. The van der Waals surface area contributed by atoms with Crippen molar-refractivity contribution >= 4 is 23.7 Å². The van der Waals surface area contributed by atoms with Crippen LogP contribution in [-0.2, 0) is 4.74 Å². The second-order valence-corrected chi connectivity index (χ2v) is 7.20. The van der Waals surface area contributed by atoms with E-state index < -0.39 is 5.60 Å². The lowest BCUT2D eigenvalue weighted by atomic mass is 10.2. The van der Waals surface area contributed by atoms with E-state index in [0.717, 1.165) is 5.84 Å². The highest BCUT2D eigenvalue weighted by Crippen LogP contribution is 2.13. The van der Waals surface area contributed by atoms with Gasteiger partial charge in [0.25, 0.3) is 0 Å². The molecule has 122 valence electrons. The van der Waals surface area contributed by atoms with Gasteiger partial charge in [-0.15, -0.1) is 0 Å². The smallest absolute Gasteiger partial charge is 0.410 e. The first kappa shape index (κ1) is 18.1. The van der Waals surface area contributed by atoms with E-state index in [1.807, 2.05) is 34.0 Å². The number of aliphatic hydroxyl groups is 1. The van der Waals surface area contributed by atoms with E-state index in [2.05, 4.69) is 10.3 Å². The maximum Gasteiger partial charge on any atom is 0.410 e. The second kappa shape index (κ2) is 7.89. The lowest BCUT2D eigenvalue weighted by Gasteiger charge is -2.31. The van der Waals surface area contributed by atoms with E-state index in [1.54, 1.807) is 16.7 Å². The van der Waals surface area contributed by atoms with Gasteiger partial charge in [-0.25, -0.2) is 4.79 Å². The number of ether oxygens (including phenoxy) is 1. The number of carbonyl (C=O) groups is 1. The highest BCUT2D eigenvalue weighted by molar-refractivity contribution is 7.99. The summed E-state index contributed by atoms with van der Waals surface area (Å²) >= 11 is 1.61. The summed E-state index contributed by atoms with van der Waals surface area (Å²) in [4.78, 5) is 18.1. The Kier molecular flexibility index (Phi) is 6.80. The third-order valence-corrected chi connectivity index (χ3v) is 4.26. The Morgan fingerprint density at radius 1 is 1.57 bits per heavy atom. The van der Waals surface area contributed by atoms with Crippen LogP contribution < -0.4 is 5.32 Å². The Morgan fingerprint density at radius 3 is 2.76 bits per heavy atom. The van der Waals surface area contributed by atoms with Gasteiger partial charge in [0.1, 0.15) is 11.4 Å². The molecule has 0 aromatic carbocycles. The number of rotatable bonds is 4. The Morgan fingerprint density at radius 2 is 2.24 bits per heavy atom. The normalized spacial score (nSPS) is 18.8. The van der Waals surface area contributed by atoms with Crippen LogP contribution in [-0.4, -0.2) is 71.3 Å². The Hall–Kier alpha value is -0.950. The first-order valence-corrected chi connectivity index (χ1v) is 8.47. The molecule has 0 fully saturated rings. The number of hydrogen-bond donors (Lipinski definition) is 2. The second-order valence-electron chi connectivity index (χ2n) is 6.12. The average Bonchev–Trinajstić information content (AvgIpc) is 2.38. The van der Waals surface area contributed by atoms with Crippen LogP contribution >= 0.6 is 11.8 Å². The van der Waals surface area contributed by atoms with Gasteiger partial charge in [-0.05, 0) is 34.0 Å². The standard InChI is InChI=1S/C14H27N3O3S/c1-10(11(9-18)21-5)16-12-8-17(7-6-15-12)13(19)20-14(2,3)4/h10-11,18H,6-9H2,1-5H3,(H,15,16). The van der Waals surface area contributed by atoms with Crippen LogP contribution in [0, 0.1) is 0 Å². The zero-order chi connectivity index (χ0) is 16.0. The first-order valence-electron chi connectivity index (χ1n) is 7.18. The zero-order valence-corrected chi connectivity index (χ0v) is 14.4. The highest BCUT2D eigenvalue weighted by atomic mass is 32.2. The van der Waals surface area contributed by atoms with Gasteiger partial charge in [0, 0.05) is 17.8 Å². The molecule has 1 rings (SSSR count). The van der Waals surface area contributed by atoms with Crippen molar-refractivity contribution in [3.63, 3.8) is 0 Å². The molecule has 0 aromatic heterocycles. The molecule has 0 saturated carbocycles. The first-order chi connectivity index (χ1) is 9.76. The molecule has 0 radical (unpaired) electrons. The molecule has 0 aromatic rings. The summed E-state index contributed by atoms with van der Waals surface area (Å²) in [5.41, 5.74) is -0.493. The predicted molar refractivity (Wildman–Crippen MR) is 87.1 cm³/mol. The molecule has 2 atom stereocenters.